The molecule has 82 valence electrons. The predicted octanol–water partition coefficient (Wildman–Crippen LogP) is 4.50. The minimum Gasteiger partial charge on any atom is -0.0999 e. The van der Waals surface area contributed by atoms with Crippen LogP contribution in [0.3, 0.4) is 0 Å². The van der Waals surface area contributed by atoms with Gasteiger partial charge in [0.05, 0.1) is 0 Å². The van der Waals surface area contributed by atoms with E-state index in [1.165, 1.54) is 36.8 Å². The molecule has 1 fully saturated rings. The second-order valence-corrected chi connectivity index (χ2v) is 5.71. The molecule has 0 aliphatic heterocycles. The minimum atomic E-state index is 0.484. The molecule has 0 saturated heterocycles. The molecule has 2 rings (SSSR count). The zero-order valence-electron chi connectivity index (χ0n) is 10.1. The van der Waals surface area contributed by atoms with Crippen LogP contribution in [0.4, 0.5) is 0 Å². The molecule has 15 heavy (non-hydrogen) atoms. The van der Waals surface area contributed by atoms with E-state index in [2.05, 4.69) is 39.2 Å². The topological polar surface area (TPSA) is 0 Å². The van der Waals surface area contributed by atoms with Crippen LogP contribution in [0.25, 0.3) is 0 Å². The third-order valence-electron chi connectivity index (χ3n) is 4.49. The van der Waals surface area contributed by atoms with E-state index >= 15 is 0 Å². The van der Waals surface area contributed by atoms with E-state index in [0.29, 0.717) is 11.3 Å². The first-order chi connectivity index (χ1) is 7.03. The molecular formula is C15H22. The summed E-state index contributed by atoms with van der Waals surface area (Å²) >= 11 is 0. The van der Waals surface area contributed by atoms with Gasteiger partial charge >= 0.3 is 0 Å². The highest BCUT2D eigenvalue weighted by Crippen LogP contribution is 2.52. The van der Waals surface area contributed by atoms with Crippen molar-refractivity contribution < 1.29 is 0 Å². The van der Waals surface area contributed by atoms with Gasteiger partial charge in [0.2, 0.25) is 0 Å². The lowest BCUT2D eigenvalue weighted by molar-refractivity contribution is 0.117. The third kappa shape index (κ3) is 1.82. The van der Waals surface area contributed by atoms with E-state index in [4.69, 9.17) is 0 Å². The first kappa shape index (κ1) is 10.7. The highest BCUT2D eigenvalue weighted by molar-refractivity contribution is 5.27. The molecule has 2 aliphatic rings. The molecule has 0 nitrogen and oxygen atoms in total. The second-order valence-electron chi connectivity index (χ2n) is 5.71. The number of hydrogen-bond acceptors (Lipinski definition) is 0. The lowest BCUT2D eigenvalue weighted by Gasteiger charge is -2.47. The maximum atomic E-state index is 4.22. The maximum absolute atomic E-state index is 4.22. The number of allylic oxidation sites excluding steroid dienone is 4. The summed E-state index contributed by atoms with van der Waals surface area (Å²) in [6.07, 6.45) is 9.70. The largest absolute Gasteiger partial charge is 0.0999 e. The van der Waals surface area contributed by atoms with Gasteiger partial charge in [-0.3, -0.25) is 0 Å². The zero-order valence-corrected chi connectivity index (χ0v) is 10.1. The smallest absolute Gasteiger partial charge is 0.0105 e. The molecule has 0 aromatic heterocycles. The molecule has 0 unspecified atom stereocenters. The van der Waals surface area contributed by atoms with Crippen LogP contribution in [0.15, 0.2) is 36.5 Å². The number of rotatable bonds is 1. The fraction of sp³-hybridized carbons (Fsp3) is 0.600. The van der Waals surface area contributed by atoms with Crippen LogP contribution in [0.2, 0.25) is 0 Å². The number of fused-ring (bicyclic) bond motifs is 1. The summed E-state index contributed by atoms with van der Waals surface area (Å²) in [6.45, 7) is 12.9. The average Bonchev–Trinajstić information content (AvgIpc) is 2.17. The van der Waals surface area contributed by atoms with E-state index in [0.717, 1.165) is 5.92 Å². The lowest BCUT2D eigenvalue weighted by Crippen LogP contribution is -2.36. The molecular weight excluding hydrogens is 180 g/mol. The van der Waals surface area contributed by atoms with E-state index in [9.17, 15) is 0 Å². The highest BCUT2D eigenvalue weighted by Gasteiger charge is 2.41. The summed E-state index contributed by atoms with van der Waals surface area (Å²) in [5.41, 5.74) is 3.19. The summed E-state index contributed by atoms with van der Waals surface area (Å²) in [5, 5.41) is 0. The molecule has 0 radical (unpaired) electrons. The van der Waals surface area contributed by atoms with E-state index < -0.39 is 0 Å². The Labute approximate surface area is 93.8 Å². The Kier molecular flexibility index (Phi) is 2.62. The van der Waals surface area contributed by atoms with Crippen molar-refractivity contribution in [1.82, 2.24) is 0 Å². The van der Waals surface area contributed by atoms with E-state index in [1.54, 1.807) is 0 Å². The first-order valence-corrected chi connectivity index (χ1v) is 6.04. The van der Waals surface area contributed by atoms with Gasteiger partial charge in [0, 0.05) is 0 Å². The fourth-order valence-electron chi connectivity index (χ4n) is 3.25. The van der Waals surface area contributed by atoms with Gasteiger partial charge in [-0.25, -0.2) is 0 Å². The molecule has 0 N–H and O–H groups in total. The van der Waals surface area contributed by atoms with Crippen LogP contribution in [0.1, 0.15) is 39.5 Å². The lowest BCUT2D eigenvalue weighted by atomic mass is 9.58. The summed E-state index contributed by atoms with van der Waals surface area (Å²) in [6, 6.07) is 0. The van der Waals surface area contributed by atoms with Gasteiger partial charge in [-0.05, 0) is 49.9 Å². The van der Waals surface area contributed by atoms with Gasteiger partial charge in [-0.15, -0.1) is 0 Å². The molecule has 0 spiro atoms. The van der Waals surface area contributed by atoms with E-state index in [1.807, 2.05) is 0 Å². The summed E-state index contributed by atoms with van der Waals surface area (Å²) in [4.78, 5) is 0. The Bertz CT molecular complexity index is 321. The van der Waals surface area contributed by atoms with Crippen LogP contribution in [0, 0.1) is 17.3 Å². The molecule has 0 bridgehead atoms. The van der Waals surface area contributed by atoms with Crippen molar-refractivity contribution >= 4 is 0 Å². The third-order valence-corrected chi connectivity index (χ3v) is 4.49. The molecule has 2 aliphatic carbocycles. The van der Waals surface area contributed by atoms with Crippen molar-refractivity contribution in [3.8, 4) is 0 Å². The van der Waals surface area contributed by atoms with Crippen molar-refractivity contribution in [3.05, 3.63) is 36.5 Å². The number of hydrogen-bond donors (Lipinski definition) is 0. The molecule has 0 aromatic carbocycles. The monoisotopic (exact) mass is 202 g/mol. The van der Waals surface area contributed by atoms with Crippen LogP contribution < -0.4 is 0 Å². The molecule has 1 saturated carbocycles. The van der Waals surface area contributed by atoms with Crippen molar-refractivity contribution in [2.75, 3.05) is 0 Å². The Balaban J connectivity index is 2.21. The summed E-state index contributed by atoms with van der Waals surface area (Å²) in [7, 11) is 0. The fourth-order valence-corrected chi connectivity index (χ4v) is 3.25. The van der Waals surface area contributed by atoms with Crippen molar-refractivity contribution in [2.24, 2.45) is 17.3 Å². The van der Waals surface area contributed by atoms with E-state index in [-0.39, 0.29) is 0 Å². The van der Waals surface area contributed by atoms with Crippen LogP contribution >= 0.6 is 0 Å². The SMILES string of the molecule is C=C(C)[C@@H]1CC[C@@]2(C)CC=CC(=C)[C@@H]2C1. The highest BCUT2D eigenvalue weighted by atomic mass is 14.5. The van der Waals surface area contributed by atoms with Crippen LogP contribution in [0.5, 0.6) is 0 Å². The van der Waals surface area contributed by atoms with Gasteiger partial charge in [-0.1, -0.05) is 43.4 Å². The molecule has 0 aromatic rings. The van der Waals surface area contributed by atoms with Gasteiger partial charge in [0.25, 0.3) is 0 Å². The van der Waals surface area contributed by atoms with Crippen molar-refractivity contribution in [2.45, 2.75) is 39.5 Å². The summed E-state index contributed by atoms with van der Waals surface area (Å²) < 4.78 is 0. The zero-order chi connectivity index (χ0) is 11.1. The van der Waals surface area contributed by atoms with Crippen molar-refractivity contribution in [3.63, 3.8) is 0 Å². The second kappa shape index (κ2) is 3.66. The minimum absolute atomic E-state index is 0.484. The maximum Gasteiger partial charge on any atom is -0.0105 e. The molecule has 3 atom stereocenters. The first-order valence-electron chi connectivity index (χ1n) is 6.04. The molecule has 0 amide bonds. The normalized spacial score (nSPS) is 40.0. The Hall–Kier alpha value is -0.780. The van der Waals surface area contributed by atoms with Crippen molar-refractivity contribution in [1.29, 1.82) is 0 Å². The standard InChI is InChI=1S/C15H22/c1-11(2)13-7-9-15(4)8-5-6-12(3)14(15)10-13/h5-6,13-14H,1,3,7-10H2,2,4H3/t13-,14+,15-/m1/s1. The summed E-state index contributed by atoms with van der Waals surface area (Å²) in [5.74, 6) is 1.42. The van der Waals surface area contributed by atoms with Gasteiger partial charge in [0.15, 0.2) is 0 Å². The average molecular weight is 202 g/mol. The van der Waals surface area contributed by atoms with Crippen LogP contribution in [-0.4, -0.2) is 0 Å². The molecule has 0 heteroatoms. The van der Waals surface area contributed by atoms with Gasteiger partial charge in [0.1, 0.15) is 0 Å². The Morgan fingerprint density at radius 3 is 2.93 bits per heavy atom. The Morgan fingerprint density at radius 2 is 2.27 bits per heavy atom. The predicted molar refractivity (Wildman–Crippen MR) is 66.6 cm³/mol. The van der Waals surface area contributed by atoms with Crippen LogP contribution in [-0.2, 0) is 0 Å². The van der Waals surface area contributed by atoms with Gasteiger partial charge in [-0.2, -0.15) is 0 Å². The van der Waals surface area contributed by atoms with Gasteiger partial charge < -0.3 is 0 Å². The molecule has 0 heterocycles. The quantitative estimate of drug-likeness (QED) is 0.549. The Morgan fingerprint density at radius 1 is 1.53 bits per heavy atom.